The van der Waals surface area contributed by atoms with Gasteiger partial charge in [0.05, 0.1) is 9.72 Å². The monoisotopic (exact) mass is 197 g/mol. The molecule has 0 saturated carbocycles. The molecule has 1 heterocycles. The van der Waals surface area contributed by atoms with Crippen LogP contribution in [0.25, 0.3) is 10.1 Å². The third kappa shape index (κ3) is 0.993. The zero-order valence-corrected chi connectivity index (χ0v) is 8.17. The number of fused-ring (bicyclic) bond motifs is 1. The fraction of sp³-hybridized carbons (Fsp3) is 0.111. The number of halogens is 1. The predicted octanol–water partition coefficient (Wildman–Crippen LogP) is 3.45. The van der Waals surface area contributed by atoms with Crippen LogP contribution in [0.3, 0.4) is 0 Å². The van der Waals surface area contributed by atoms with Crippen LogP contribution in [0.15, 0.2) is 17.5 Å². The van der Waals surface area contributed by atoms with Crippen LogP contribution >= 0.6 is 22.9 Å². The Bertz CT molecular complexity index is 433. The molecule has 0 fully saturated rings. The Balaban J connectivity index is 2.98. The average Bonchev–Trinajstić information content (AvgIpc) is 2.42. The van der Waals surface area contributed by atoms with Gasteiger partial charge >= 0.3 is 0 Å². The number of anilines is 1. The first-order valence-corrected chi connectivity index (χ1v) is 4.87. The second-order valence-electron chi connectivity index (χ2n) is 2.76. The van der Waals surface area contributed by atoms with Crippen LogP contribution in [0.1, 0.15) is 5.56 Å². The van der Waals surface area contributed by atoms with Gasteiger partial charge in [0.2, 0.25) is 0 Å². The maximum absolute atomic E-state index is 6.00. The molecule has 62 valence electrons. The molecule has 0 aliphatic carbocycles. The fourth-order valence-electron chi connectivity index (χ4n) is 1.30. The van der Waals surface area contributed by atoms with E-state index in [9.17, 15) is 0 Å². The number of thiophene rings is 1. The van der Waals surface area contributed by atoms with Crippen molar-refractivity contribution in [1.82, 2.24) is 0 Å². The molecule has 0 atom stereocenters. The van der Waals surface area contributed by atoms with Gasteiger partial charge in [-0.3, -0.25) is 0 Å². The van der Waals surface area contributed by atoms with Gasteiger partial charge < -0.3 is 5.73 Å². The molecule has 2 aromatic rings. The highest BCUT2D eigenvalue weighted by molar-refractivity contribution is 7.18. The van der Waals surface area contributed by atoms with Gasteiger partial charge in [-0.2, -0.15) is 0 Å². The van der Waals surface area contributed by atoms with Crippen molar-refractivity contribution in [2.45, 2.75) is 6.92 Å². The van der Waals surface area contributed by atoms with Crippen molar-refractivity contribution in [3.05, 3.63) is 28.1 Å². The van der Waals surface area contributed by atoms with Gasteiger partial charge in [-0.05, 0) is 30.0 Å². The maximum Gasteiger partial charge on any atom is 0.0585 e. The lowest BCUT2D eigenvalue weighted by atomic mass is 10.1. The molecule has 0 unspecified atom stereocenters. The molecule has 12 heavy (non-hydrogen) atoms. The lowest BCUT2D eigenvalue weighted by molar-refractivity contribution is 1.59. The van der Waals surface area contributed by atoms with Gasteiger partial charge in [0.25, 0.3) is 0 Å². The first-order chi connectivity index (χ1) is 5.70. The van der Waals surface area contributed by atoms with Crippen molar-refractivity contribution in [3.63, 3.8) is 0 Å². The van der Waals surface area contributed by atoms with Crippen LogP contribution < -0.4 is 5.73 Å². The van der Waals surface area contributed by atoms with Crippen molar-refractivity contribution in [1.29, 1.82) is 0 Å². The summed E-state index contributed by atoms with van der Waals surface area (Å²) in [4.78, 5) is 0. The number of nitrogen functional groups attached to an aromatic ring is 1. The van der Waals surface area contributed by atoms with E-state index in [0.29, 0.717) is 0 Å². The molecule has 0 aliphatic heterocycles. The van der Waals surface area contributed by atoms with E-state index in [1.54, 1.807) is 11.3 Å². The van der Waals surface area contributed by atoms with Crippen LogP contribution in [0.5, 0.6) is 0 Å². The Morgan fingerprint density at radius 1 is 1.42 bits per heavy atom. The summed E-state index contributed by atoms with van der Waals surface area (Å²) in [6.45, 7) is 2.05. The molecular formula is C9H8ClNS. The molecular weight excluding hydrogens is 190 g/mol. The van der Waals surface area contributed by atoms with Crippen LogP contribution in [0.2, 0.25) is 5.02 Å². The second-order valence-corrected chi connectivity index (χ2v) is 4.05. The molecule has 2 rings (SSSR count). The number of aryl methyl sites for hydroxylation is 1. The van der Waals surface area contributed by atoms with E-state index in [-0.39, 0.29) is 0 Å². The second kappa shape index (κ2) is 2.64. The van der Waals surface area contributed by atoms with Gasteiger partial charge in [0.15, 0.2) is 0 Å². The molecule has 0 bridgehead atoms. The summed E-state index contributed by atoms with van der Waals surface area (Å²) >= 11 is 7.64. The van der Waals surface area contributed by atoms with Crippen LogP contribution in [-0.4, -0.2) is 0 Å². The largest absolute Gasteiger partial charge is 0.398 e. The number of hydrogen-bond acceptors (Lipinski definition) is 2. The molecule has 0 spiro atoms. The van der Waals surface area contributed by atoms with E-state index >= 15 is 0 Å². The van der Waals surface area contributed by atoms with E-state index in [4.69, 9.17) is 17.3 Å². The standard InChI is InChI=1S/C9H8ClNS/c1-5-4-12-9-6(10)2-3-7(11)8(5)9/h2-4H,11H2,1H3. The molecule has 0 saturated heterocycles. The van der Waals surface area contributed by atoms with E-state index in [0.717, 1.165) is 20.8 Å². The van der Waals surface area contributed by atoms with E-state index in [2.05, 4.69) is 5.38 Å². The molecule has 1 nitrogen and oxygen atoms in total. The third-order valence-corrected chi connectivity index (χ3v) is 3.45. The van der Waals surface area contributed by atoms with E-state index < -0.39 is 0 Å². The summed E-state index contributed by atoms with van der Waals surface area (Å²) < 4.78 is 1.09. The quantitative estimate of drug-likeness (QED) is 0.644. The smallest absolute Gasteiger partial charge is 0.0585 e. The molecule has 3 heteroatoms. The molecule has 0 amide bonds. The number of benzene rings is 1. The van der Waals surface area contributed by atoms with Gasteiger partial charge in [0.1, 0.15) is 0 Å². The first-order valence-electron chi connectivity index (χ1n) is 3.62. The van der Waals surface area contributed by atoms with Crippen molar-refractivity contribution in [2.24, 2.45) is 0 Å². The normalized spacial score (nSPS) is 10.8. The summed E-state index contributed by atoms with van der Waals surface area (Å²) in [6, 6.07) is 3.69. The number of rotatable bonds is 0. The summed E-state index contributed by atoms with van der Waals surface area (Å²) in [5, 5.41) is 3.97. The SMILES string of the molecule is Cc1csc2c(Cl)ccc(N)c12. The van der Waals surface area contributed by atoms with Crippen molar-refractivity contribution >= 4 is 38.7 Å². The maximum atomic E-state index is 6.00. The van der Waals surface area contributed by atoms with Gasteiger partial charge in [-0.15, -0.1) is 11.3 Å². The molecule has 0 aliphatic rings. The minimum atomic E-state index is 0.789. The third-order valence-electron chi connectivity index (χ3n) is 1.89. The van der Waals surface area contributed by atoms with E-state index in [1.807, 2.05) is 19.1 Å². The van der Waals surface area contributed by atoms with Crippen LogP contribution in [0.4, 0.5) is 5.69 Å². The van der Waals surface area contributed by atoms with Gasteiger partial charge in [0, 0.05) is 11.1 Å². The Kier molecular flexibility index (Phi) is 1.74. The molecule has 1 aromatic heterocycles. The van der Waals surface area contributed by atoms with Crippen molar-refractivity contribution < 1.29 is 0 Å². The zero-order valence-electron chi connectivity index (χ0n) is 6.60. The minimum absolute atomic E-state index is 0.789. The van der Waals surface area contributed by atoms with Gasteiger partial charge in [-0.1, -0.05) is 11.6 Å². The number of nitrogens with two attached hydrogens (primary N) is 1. The van der Waals surface area contributed by atoms with E-state index in [1.165, 1.54) is 5.56 Å². The summed E-state index contributed by atoms with van der Waals surface area (Å²) in [6.07, 6.45) is 0. The highest BCUT2D eigenvalue weighted by atomic mass is 35.5. The summed E-state index contributed by atoms with van der Waals surface area (Å²) in [5.74, 6) is 0. The molecule has 1 aromatic carbocycles. The zero-order chi connectivity index (χ0) is 8.72. The lowest BCUT2D eigenvalue weighted by Gasteiger charge is -1.98. The van der Waals surface area contributed by atoms with Crippen molar-refractivity contribution in [2.75, 3.05) is 5.73 Å². The molecule has 0 radical (unpaired) electrons. The predicted molar refractivity (Wildman–Crippen MR) is 56.0 cm³/mol. The van der Waals surface area contributed by atoms with Crippen LogP contribution in [0, 0.1) is 6.92 Å². The van der Waals surface area contributed by atoms with Crippen molar-refractivity contribution in [3.8, 4) is 0 Å². The topological polar surface area (TPSA) is 26.0 Å². The highest BCUT2D eigenvalue weighted by Gasteiger charge is 2.06. The fourth-order valence-corrected chi connectivity index (χ4v) is 2.58. The first kappa shape index (κ1) is 7.90. The Morgan fingerprint density at radius 3 is 2.83 bits per heavy atom. The lowest BCUT2D eigenvalue weighted by Crippen LogP contribution is -1.85. The summed E-state index contributed by atoms with van der Waals surface area (Å²) in [7, 11) is 0. The average molecular weight is 198 g/mol. The Labute approximate surface area is 79.8 Å². The highest BCUT2D eigenvalue weighted by Crippen LogP contribution is 2.35. The van der Waals surface area contributed by atoms with Crippen LogP contribution in [-0.2, 0) is 0 Å². The molecule has 2 N–H and O–H groups in total. The summed E-state index contributed by atoms with van der Waals surface area (Å²) in [5.41, 5.74) is 7.84. The Hall–Kier alpha value is -0.730. The minimum Gasteiger partial charge on any atom is -0.398 e. The van der Waals surface area contributed by atoms with Gasteiger partial charge in [-0.25, -0.2) is 0 Å². The number of hydrogen-bond donors (Lipinski definition) is 1. The Morgan fingerprint density at radius 2 is 2.17 bits per heavy atom.